The number of nitrogens with one attached hydrogen (secondary N) is 1. The number of hydrogen-bond acceptors (Lipinski definition) is 5. The maximum atomic E-state index is 12.0. The van der Waals surface area contributed by atoms with Gasteiger partial charge >= 0.3 is 0 Å². The van der Waals surface area contributed by atoms with E-state index in [2.05, 4.69) is 10.5 Å². The standard InChI is InChI=1S/C14H14N2O4/c1-18-11-3-4-12(13(7-11)19-2)14(17)16-15-8-10-5-6-20-9-10/h3-9H,1-2H3,(H,16,17)/b15-8+. The van der Waals surface area contributed by atoms with Crippen molar-refractivity contribution in [2.45, 2.75) is 0 Å². The Hall–Kier alpha value is -2.76. The normalized spacial score (nSPS) is 10.5. The van der Waals surface area contributed by atoms with E-state index in [0.29, 0.717) is 17.1 Å². The molecule has 0 bridgehead atoms. The van der Waals surface area contributed by atoms with Crippen LogP contribution in [0.15, 0.2) is 46.3 Å². The molecule has 0 saturated carbocycles. The first-order valence-electron chi connectivity index (χ1n) is 5.82. The summed E-state index contributed by atoms with van der Waals surface area (Å²) in [5.41, 5.74) is 3.55. The van der Waals surface area contributed by atoms with E-state index in [1.807, 2.05) is 0 Å². The van der Waals surface area contributed by atoms with Crippen molar-refractivity contribution in [3.05, 3.63) is 47.9 Å². The summed E-state index contributed by atoms with van der Waals surface area (Å²) in [5.74, 6) is 0.657. The van der Waals surface area contributed by atoms with E-state index < -0.39 is 0 Å². The van der Waals surface area contributed by atoms with Crippen LogP contribution >= 0.6 is 0 Å². The fourth-order valence-corrected chi connectivity index (χ4v) is 1.56. The summed E-state index contributed by atoms with van der Waals surface area (Å²) in [5, 5.41) is 3.84. The van der Waals surface area contributed by atoms with Crippen molar-refractivity contribution in [3.8, 4) is 11.5 Å². The summed E-state index contributed by atoms with van der Waals surface area (Å²) < 4.78 is 15.1. The van der Waals surface area contributed by atoms with Crippen LogP contribution in [-0.4, -0.2) is 26.3 Å². The van der Waals surface area contributed by atoms with Crippen molar-refractivity contribution in [1.82, 2.24) is 5.43 Å². The number of benzene rings is 1. The Labute approximate surface area is 116 Å². The highest BCUT2D eigenvalue weighted by Gasteiger charge is 2.12. The van der Waals surface area contributed by atoms with Crippen LogP contribution in [0.25, 0.3) is 0 Å². The zero-order chi connectivity index (χ0) is 14.4. The molecule has 1 aromatic carbocycles. The molecule has 0 unspecified atom stereocenters. The second kappa shape index (κ2) is 6.42. The molecule has 20 heavy (non-hydrogen) atoms. The van der Waals surface area contributed by atoms with E-state index in [1.165, 1.54) is 25.9 Å². The van der Waals surface area contributed by atoms with Crippen molar-refractivity contribution in [2.24, 2.45) is 5.10 Å². The van der Waals surface area contributed by atoms with Gasteiger partial charge < -0.3 is 13.9 Å². The number of nitrogens with zero attached hydrogens (tertiary/aromatic N) is 1. The van der Waals surface area contributed by atoms with Gasteiger partial charge in [-0.2, -0.15) is 5.10 Å². The van der Waals surface area contributed by atoms with Crippen molar-refractivity contribution in [3.63, 3.8) is 0 Å². The monoisotopic (exact) mass is 274 g/mol. The molecule has 1 heterocycles. The first-order valence-corrected chi connectivity index (χ1v) is 5.82. The summed E-state index contributed by atoms with van der Waals surface area (Å²) in [6.45, 7) is 0. The lowest BCUT2D eigenvalue weighted by atomic mass is 10.2. The van der Waals surface area contributed by atoms with Gasteiger partial charge in [-0.25, -0.2) is 5.43 Å². The molecule has 0 saturated heterocycles. The lowest BCUT2D eigenvalue weighted by Gasteiger charge is -2.08. The SMILES string of the molecule is COc1ccc(C(=O)N/N=C/c2ccoc2)c(OC)c1. The molecule has 6 heteroatoms. The molecular formula is C14H14N2O4. The predicted molar refractivity (Wildman–Crippen MR) is 73.3 cm³/mol. The summed E-state index contributed by atoms with van der Waals surface area (Å²) in [6, 6.07) is 6.65. The molecule has 2 rings (SSSR count). The number of carbonyl (C=O) groups is 1. The summed E-state index contributed by atoms with van der Waals surface area (Å²) in [4.78, 5) is 12.0. The molecule has 6 nitrogen and oxygen atoms in total. The third-order valence-electron chi connectivity index (χ3n) is 2.58. The Morgan fingerprint density at radius 1 is 1.30 bits per heavy atom. The number of ether oxygens (including phenoxy) is 2. The Bertz CT molecular complexity index is 606. The van der Waals surface area contributed by atoms with Crippen molar-refractivity contribution in [2.75, 3.05) is 14.2 Å². The van der Waals surface area contributed by atoms with Gasteiger partial charge in [-0.15, -0.1) is 0 Å². The molecule has 2 aromatic rings. The fourth-order valence-electron chi connectivity index (χ4n) is 1.56. The zero-order valence-electron chi connectivity index (χ0n) is 11.1. The molecule has 0 aliphatic rings. The van der Waals surface area contributed by atoms with Crippen LogP contribution in [-0.2, 0) is 0 Å². The molecule has 0 spiro atoms. The maximum Gasteiger partial charge on any atom is 0.275 e. The van der Waals surface area contributed by atoms with Crippen LogP contribution in [0.2, 0.25) is 0 Å². The van der Waals surface area contributed by atoms with Gasteiger partial charge in [0, 0.05) is 11.6 Å². The van der Waals surface area contributed by atoms with Crippen LogP contribution in [0, 0.1) is 0 Å². The quantitative estimate of drug-likeness (QED) is 0.669. The first kappa shape index (κ1) is 13.7. The van der Waals surface area contributed by atoms with E-state index >= 15 is 0 Å². The van der Waals surface area contributed by atoms with E-state index in [1.54, 1.807) is 31.4 Å². The molecule has 0 aliphatic carbocycles. The van der Waals surface area contributed by atoms with Gasteiger partial charge in [-0.05, 0) is 18.2 Å². The van der Waals surface area contributed by atoms with Crippen LogP contribution in [0.5, 0.6) is 11.5 Å². The Morgan fingerprint density at radius 2 is 2.15 bits per heavy atom. The highest BCUT2D eigenvalue weighted by Crippen LogP contribution is 2.24. The highest BCUT2D eigenvalue weighted by molar-refractivity contribution is 5.97. The zero-order valence-corrected chi connectivity index (χ0v) is 11.1. The number of furan rings is 1. The summed E-state index contributed by atoms with van der Waals surface area (Å²) in [6.07, 6.45) is 4.52. The van der Waals surface area contributed by atoms with Crippen LogP contribution in [0.3, 0.4) is 0 Å². The van der Waals surface area contributed by atoms with Gasteiger partial charge in [0.2, 0.25) is 0 Å². The van der Waals surface area contributed by atoms with Gasteiger partial charge in [-0.1, -0.05) is 0 Å². The van der Waals surface area contributed by atoms with E-state index in [4.69, 9.17) is 13.9 Å². The summed E-state index contributed by atoms with van der Waals surface area (Å²) >= 11 is 0. The van der Waals surface area contributed by atoms with Gasteiger partial charge in [0.1, 0.15) is 11.5 Å². The minimum absolute atomic E-state index is 0.371. The molecule has 1 amide bonds. The molecule has 0 fully saturated rings. The van der Waals surface area contributed by atoms with Crippen LogP contribution in [0.1, 0.15) is 15.9 Å². The fraction of sp³-hybridized carbons (Fsp3) is 0.143. The highest BCUT2D eigenvalue weighted by atomic mass is 16.5. The van der Waals surface area contributed by atoms with Crippen molar-refractivity contribution in [1.29, 1.82) is 0 Å². The second-order valence-corrected chi connectivity index (χ2v) is 3.82. The van der Waals surface area contributed by atoms with E-state index in [9.17, 15) is 4.79 Å². The smallest absolute Gasteiger partial charge is 0.275 e. The third kappa shape index (κ3) is 3.17. The topological polar surface area (TPSA) is 73.1 Å². The van der Waals surface area contributed by atoms with Gasteiger partial charge in [0.15, 0.2) is 0 Å². The second-order valence-electron chi connectivity index (χ2n) is 3.82. The van der Waals surface area contributed by atoms with Gasteiger partial charge in [-0.3, -0.25) is 4.79 Å². The molecule has 0 atom stereocenters. The minimum atomic E-state index is -0.371. The van der Waals surface area contributed by atoms with Crippen LogP contribution in [0.4, 0.5) is 0 Å². The summed E-state index contributed by atoms with van der Waals surface area (Å²) in [7, 11) is 3.03. The van der Waals surface area contributed by atoms with E-state index in [-0.39, 0.29) is 5.91 Å². The molecule has 1 aromatic heterocycles. The minimum Gasteiger partial charge on any atom is -0.497 e. The molecular weight excluding hydrogens is 260 g/mol. The van der Waals surface area contributed by atoms with E-state index in [0.717, 1.165) is 5.56 Å². The first-order chi connectivity index (χ1) is 9.74. The average molecular weight is 274 g/mol. The lowest BCUT2D eigenvalue weighted by molar-refractivity contribution is 0.0952. The Kier molecular flexibility index (Phi) is 4.39. The molecule has 104 valence electrons. The molecule has 0 aliphatic heterocycles. The number of hydrogen-bond donors (Lipinski definition) is 1. The average Bonchev–Trinajstić information content (AvgIpc) is 2.99. The molecule has 1 N–H and O–H groups in total. The number of carbonyl (C=O) groups excluding carboxylic acids is 1. The van der Waals surface area contributed by atoms with Crippen molar-refractivity contribution >= 4 is 12.1 Å². The molecule has 0 radical (unpaired) electrons. The third-order valence-corrected chi connectivity index (χ3v) is 2.58. The maximum absolute atomic E-state index is 12.0. The number of amides is 1. The van der Waals surface area contributed by atoms with Gasteiger partial charge in [0.05, 0.1) is 38.5 Å². The number of methoxy groups -OCH3 is 2. The largest absolute Gasteiger partial charge is 0.497 e. The lowest BCUT2D eigenvalue weighted by Crippen LogP contribution is -2.18. The predicted octanol–water partition coefficient (Wildman–Crippen LogP) is 2.06. The Balaban J connectivity index is 2.09. The van der Waals surface area contributed by atoms with Crippen LogP contribution < -0.4 is 14.9 Å². The number of rotatable bonds is 5. The van der Waals surface area contributed by atoms with Gasteiger partial charge in [0.25, 0.3) is 5.91 Å². The Morgan fingerprint density at radius 3 is 2.80 bits per heavy atom. The number of hydrazone groups is 1. The van der Waals surface area contributed by atoms with Crippen molar-refractivity contribution < 1.29 is 18.7 Å².